The average molecular weight is 377 g/mol. The van der Waals surface area contributed by atoms with E-state index in [1.54, 1.807) is 31.2 Å². The number of rotatable bonds is 2. The van der Waals surface area contributed by atoms with Gasteiger partial charge in [-0.15, -0.1) is 11.3 Å². The first-order chi connectivity index (χ1) is 11.4. The summed E-state index contributed by atoms with van der Waals surface area (Å²) in [5, 5.41) is 5.07. The molecule has 4 nitrogen and oxygen atoms in total. The van der Waals surface area contributed by atoms with Gasteiger partial charge in [-0.2, -0.15) is 0 Å². The summed E-state index contributed by atoms with van der Waals surface area (Å²) in [6.07, 6.45) is 1.60. The number of hydrogen-bond donors (Lipinski definition) is 1. The summed E-state index contributed by atoms with van der Waals surface area (Å²) >= 11 is 12.8. The van der Waals surface area contributed by atoms with Crippen LogP contribution in [0.3, 0.4) is 0 Å². The molecule has 1 aliphatic heterocycles. The van der Waals surface area contributed by atoms with Gasteiger partial charge in [-0.25, -0.2) is 0 Å². The predicted molar refractivity (Wildman–Crippen MR) is 101 cm³/mol. The van der Waals surface area contributed by atoms with E-state index < -0.39 is 11.8 Å². The van der Waals surface area contributed by atoms with Crippen LogP contribution in [-0.2, 0) is 9.59 Å². The number of nitrogens with one attached hydrogen (secondary N) is 1. The van der Waals surface area contributed by atoms with E-state index in [1.165, 1.54) is 16.2 Å². The molecular formula is C17H13ClN2O2S2. The van der Waals surface area contributed by atoms with Crippen molar-refractivity contribution in [3.8, 4) is 0 Å². The molecule has 1 N–H and O–H groups in total. The Labute approximate surface area is 153 Å². The van der Waals surface area contributed by atoms with E-state index in [4.69, 9.17) is 23.8 Å². The number of nitrogens with zero attached hydrogens (tertiary/aromatic N) is 1. The van der Waals surface area contributed by atoms with Crippen LogP contribution in [-0.4, -0.2) is 16.9 Å². The molecule has 1 fully saturated rings. The fourth-order valence-corrected chi connectivity index (χ4v) is 3.68. The number of benzene rings is 1. The van der Waals surface area contributed by atoms with E-state index in [0.29, 0.717) is 10.7 Å². The molecule has 0 bridgehead atoms. The lowest BCUT2D eigenvalue weighted by Gasteiger charge is -2.30. The Hall–Kier alpha value is -2.02. The van der Waals surface area contributed by atoms with Gasteiger partial charge in [0.05, 0.1) is 5.69 Å². The van der Waals surface area contributed by atoms with Crippen LogP contribution in [0, 0.1) is 13.8 Å². The number of thiophene rings is 1. The Morgan fingerprint density at radius 3 is 2.67 bits per heavy atom. The third kappa shape index (κ3) is 2.88. The number of thiocarbonyl (C=S) groups is 1. The van der Waals surface area contributed by atoms with E-state index in [0.717, 1.165) is 16.0 Å². The van der Waals surface area contributed by atoms with Crippen LogP contribution < -0.4 is 10.2 Å². The second-order valence-corrected chi connectivity index (χ2v) is 7.05. The Morgan fingerprint density at radius 1 is 1.25 bits per heavy atom. The van der Waals surface area contributed by atoms with Crippen molar-refractivity contribution >= 4 is 63.8 Å². The molecule has 0 saturated carbocycles. The van der Waals surface area contributed by atoms with Crippen molar-refractivity contribution in [2.45, 2.75) is 13.8 Å². The van der Waals surface area contributed by atoms with E-state index >= 15 is 0 Å². The first-order valence-electron chi connectivity index (χ1n) is 7.11. The number of carbonyl (C=O) groups excluding carboxylic acids is 2. The van der Waals surface area contributed by atoms with Crippen LogP contribution >= 0.6 is 35.2 Å². The summed E-state index contributed by atoms with van der Waals surface area (Å²) in [5.74, 6) is -0.948. The highest BCUT2D eigenvalue weighted by atomic mass is 35.5. The van der Waals surface area contributed by atoms with Crippen molar-refractivity contribution in [3.05, 3.63) is 56.2 Å². The summed E-state index contributed by atoms with van der Waals surface area (Å²) in [5.41, 5.74) is 2.34. The van der Waals surface area contributed by atoms with Crippen molar-refractivity contribution in [1.29, 1.82) is 0 Å². The first kappa shape index (κ1) is 16.8. The fourth-order valence-electron chi connectivity index (χ4n) is 2.38. The summed E-state index contributed by atoms with van der Waals surface area (Å²) in [7, 11) is 0. The number of anilines is 1. The number of halogens is 1. The molecule has 7 heteroatoms. The first-order valence-corrected chi connectivity index (χ1v) is 8.77. The van der Waals surface area contributed by atoms with Crippen LogP contribution in [0.1, 0.15) is 16.0 Å². The zero-order chi connectivity index (χ0) is 17.4. The SMILES string of the molecule is Cc1ccsc1C=C1C(=O)NC(=S)N(c2cccc(Cl)c2C)C1=O. The molecule has 0 radical (unpaired) electrons. The lowest BCUT2D eigenvalue weighted by molar-refractivity contribution is -0.122. The normalized spacial score (nSPS) is 16.7. The van der Waals surface area contributed by atoms with Gasteiger partial charge in [-0.3, -0.25) is 19.8 Å². The van der Waals surface area contributed by atoms with E-state index in [1.807, 2.05) is 18.4 Å². The summed E-state index contributed by atoms with van der Waals surface area (Å²) in [6.45, 7) is 3.73. The third-order valence-electron chi connectivity index (χ3n) is 3.76. The van der Waals surface area contributed by atoms with Crippen molar-refractivity contribution in [1.82, 2.24) is 5.32 Å². The van der Waals surface area contributed by atoms with E-state index in [2.05, 4.69) is 5.32 Å². The maximum Gasteiger partial charge on any atom is 0.270 e. The highest BCUT2D eigenvalue weighted by molar-refractivity contribution is 7.80. The van der Waals surface area contributed by atoms with Gasteiger partial charge in [0.1, 0.15) is 5.57 Å². The van der Waals surface area contributed by atoms with Gasteiger partial charge < -0.3 is 0 Å². The molecule has 24 heavy (non-hydrogen) atoms. The summed E-state index contributed by atoms with van der Waals surface area (Å²) < 4.78 is 0. The molecule has 0 unspecified atom stereocenters. The Bertz CT molecular complexity index is 902. The standard InChI is InChI=1S/C17H13ClN2O2S2/c1-9-6-7-24-14(9)8-11-15(21)19-17(23)20(16(11)22)13-5-3-4-12(18)10(13)2/h3-8H,1-2H3,(H,19,21,23). The van der Waals surface area contributed by atoms with Gasteiger partial charge in [-0.05, 0) is 66.8 Å². The van der Waals surface area contributed by atoms with E-state index in [-0.39, 0.29) is 10.7 Å². The van der Waals surface area contributed by atoms with Gasteiger partial charge in [-0.1, -0.05) is 17.7 Å². The molecule has 0 atom stereocenters. The van der Waals surface area contributed by atoms with Gasteiger partial charge in [0.15, 0.2) is 5.11 Å². The van der Waals surface area contributed by atoms with Gasteiger partial charge in [0, 0.05) is 9.90 Å². The molecule has 2 aromatic rings. The smallest absolute Gasteiger partial charge is 0.270 e. The second-order valence-electron chi connectivity index (χ2n) is 5.31. The Kier molecular flexibility index (Phi) is 4.54. The quantitative estimate of drug-likeness (QED) is 0.492. The monoisotopic (exact) mass is 376 g/mol. The molecule has 2 heterocycles. The maximum atomic E-state index is 12.9. The highest BCUT2D eigenvalue weighted by Crippen LogP contribution is 2.30. The summed E-state index contributed by atoms with van der Waals surface area (Å²) in [6, 6.07) is 7.16. The minimum absolute atomic E-state index is 0.0496. The summed E-state index contributed by atoms with van der Waals surface area (Å²) in [4.78, 5) is 27.3. The molecule has 3 rings (SSSR count). The molecule has 122 valence electrons. The number of aryl methyl sites for hydroxylation is 1. The van der Waals surface area contributed by atoms with Crippen LogP contribution in [0.25, 0.3) is 6.08 Å². The predicted octanol–water partition coefficient (Wildman–Crippen LogP) is 3.85. The molecule has 2 amide bonds. The fraction of sp³-hybridized carbons (Fsp3) is 0.118. The van der Waals surface area contributed by atoms with Crippen molar-refractivity contribution < 1.29 is 9.59 Å². The average Bonchev–Trinajstić information content (AvgIpc) is 2.93. The number of hydrogen-bond acceptors (Lipinski definition) is 4. The molecule has 1 aliphatic rings. The lowest BCUT2D eigenvalue weighted by atomic mass is 10.1. The number of carbonyl (C=O) groups is 2. The Balaban J connectivity index is 2.09. The van der Waals surface area contributed by atoms with Crippen molar-refractivity contribution in [2.24, 2.45) is 0 Å². The highest BCUT2D eigenvalue weighted by Gasteiger charge is 2.35. The zero-order valence-corrected chi connectivity index (χ0v) is 15.3. The molecule has 1 saturated heterocycles. The van der Waals surface area contributed by atoms with Gasteiger partial charge in [0.25, 0.3) is 11.8 Å². The molecule has 1 aromatic carbocycles. The zero-order valence-electron chi connectivity index (χ0n) is 12.9. The Morgan fingerprint density at radius 2 is 2.00 bits per heavy atom. The maximum absolute atomic E-state index is 12.9. The minimum atomic E-state index is -0.492. The molecule has 0 spiro atoms. The van der Waals surface area contributed by atoms with Crippen LogP contribution in [0.15, 0.2) is 35.2 Å². The van der Waals surface area contributed by atoms with Crippen LogP contribution in [0.5, 0.6) is 0 Å². The molecule has 1 aromatic heterocycles. The topological polar surface area (TPSA) is 49.4 Å². The molecule has 0 aliphatic carbocycles. The van der Waals surface area contributed by atoms with Crippen LogP contribution in [0.2, 0.25) is 5.02 Å². The minimum Gasteiger partial charge on any atom is -0.298 e. The van der Waals surface area contributed by atoms with Crippen LogP contribution in [0.4, 0.5) is 5.69 Å². The van der Waals surface area contributed by atoms with Crippen molar-refractivity contribution in [2.75, 3.05) is 4.90 Å². The van der Waals surface area contributed by atoms with Crippen molar-refractivity contribution in [3.63, 3.8) is 0 Å². The molecular weight excluding hydrogens is 364 g/mol. The second kappa shape index (κ2) is 6.47. The van der Waals surface area contributed by atoms with E-state index in [9.17, 15) is 9.59 Å². The largest absolute Gasteiger partial charge is 0.298 e. The van der Waals surface area contributed by atoms with Gasteiger partial charge >= 0.3 is 0 Å². The lowest BCUT2D eigenvalue weighted by Crippen LogP contribution is -2.54. The number of amides is 2. The van der Waals surface area contributed by atoms with Gasteiger partial charge in [0.2, 0.25) is 0 Å². The third-order valence-corrected chi connectivity index (χ3v) is 5.42.